The Balaban J connectivity index is 2.15. The van der Waals surface area contributed by atoms with Gasteiger partial charge < -0.3 is 10.1 Å². The van der Waals surface area contributed by atoms with Crippen LogP contribution in [-0.4, -0.2) is 37.6 Å². The Bertz CT molecular complexity index is 125. The molecule has 1 saturated heterocycles. The molecule has 1 heterocycles. The molecular weight excluding hydrogens is 176 g/mol. The third-order valence-electron chi connectivity index (χ3n) is 1.55. The minimum absolute atomic E-state index is 0.120. The van der Waals surface area contributed by atoms with Gasteiger partial charge in [-0.1, -0.05) is 0 Å². The van der Waals surface area contributed by atoms with E-state index in [2.05, 4.69) is 5.32 Å². The number of hydrogen-bond acceptors (Lipinski definition) is 2. The number of rotatable bonds is 3. The average molecular weight is 186 g/mol. The van der Waals surface area contributed by atoms with Crippen LogP contribution in [0.2, 0.25) is 0 Å². The molecule has 0 bridgehead atoms. The summed E-state index contributed by atoms with van der Waals surface area (Å²) in [4.78, 5) is 0. The second-order valence-corrected chi connectivity index (χ2v) is 3.02. The van der Waals surface area contributed by atoms with Gasteiger partial charge in [0.25, 0.3) is 6.43 Å². The number of hydrogen-bond donors (Lipinski definition) is 1. The van der Waals surface area contributed by atoms with Gasteiger partial charge in [-0.15, -0.1) is 11.6 Å². The summed E-state index contributed by atoms with van der Waals surface area (Å²) in [5.74, 6) is 0. The standard InChI is InChI=1S/C6H10ClF2NO/c7-4-2-11-3-5(4)10-1-6(8)9/h4-6,10H,1-3H2. The topological polar surface area (TPSA) is 21.3 Å². The van der Waals surface area contributed by atoms with E-state index in [9.17, 15) is 8.78 Å². The van der Waals surface area contributed by atoms with Crippen molar-refractivity contribution in [3.63, 3.8) is 0 Å². The summed E-state index contributed by atoms with van der Waals surface area (Å²) in [5.41, 5.74) is 0. The molecule has 0 aromatic carbocycles. The fourth-order valence-electron chi connectivity index (χ4n) is 0.955. The molecule has 0 spiro atoms. The predicted octanol–water partition coefficient (Wildman–Crippen LogP) is 0.847. The number of alkyl halides is 3. The minimum Gasteiger partial charge on any atom is -0.378 e. The Morgan fingerprint density at radius 1 is 1.55 bits per heavy atom. The summed E-state index contributed by atoms with van der Waals surface area (Å²) in [6.07, 6.45) is -2.32. The van der Waals surface area contributed by atoms with E-state index < -0.39 is 6.43 Å². The first-order chi connectivity index (χ1) is 5.20. The lowest BCUT2D eigenvalue weighted by atomic mass is 10.2. The van der Waals surface area contributed by atoms with E-state index in [0.29, 0.717) is 13.2 Å². The van der Waals surface area contributed by atoms with Crippen molar-refractivity contribution in [3.8, 4) is 0 Å². The molecule has 0 aromatic heterocycles. The van der Waals surface area contributed by atoms with E-state index in [1.807, 2.05) is 0 Å². The van der Waals surface area contributed by atoms with Crippen LogP contribution < -0.4 is 5.32 Å². The maximum absolute atomic E-state index is 11.7. The molecule has 2 unspecified atom stereocenters. The van der Waals surface area contributed by atoms with Gasteiger partial charge in [-0.05, 0) is 0 Å². The second-order valence-electron chi connectivity index (χ2n) is 2.46. The smallest absolute Gasteiger partial charge is 0.250 e. The highest BCUT2D eigenvalue weighted by Crippen LogP contribution is 2.11. The zero-order valence-corrected chi connectivity index (χ0v) is 6.65. The zero-order valence-electron chi connectivity index (χ0n) is 5.90. The maximum Gasteiger partial charge on any atom is 0.250 e. The van der Waals surface area contributed by atoms with Gasteiger partial charge in [-0.2, -0.15) is 0 Å². The van der Waals surface area contributed by atoms with Crippen LogP contribution in [-0.2, 0) is 4.74 Å². The molecule has 5 heteroatoms. The van der Waals surface area contributed by atoms with Crippen molar-refractivity contribution >= 4 is 11.6 Å². The lowest BCUT2D eigenvalue weighted by Crippen LogP contribution is -2.38. The van der Waals surface area contributed by atoms with Crippen molar-refractivity contribution in [2.24, 2.45) is 0 Å². The summed E-state index contributed by atoms with van der Waals surface area (Å²) in [5, 5.41) is 2.45. The van der Waals surface area contributed by atoms with E-state index >= 15 is 0 Å². The minimum atomic E-state index is -2.32. The van der Waals surface area contributed by atoms with E-state index in [1.165, 1.54) is 0 Å². The molecule has 1 N–H and O–H groups in total. The molecule has 1 aliphatic heterocycles. The van der Waals surface area contributed by atoms with Crippen molar-refractivity contribution in [2.45, 2.75) is 17.8 Å². The van der Waals surface area contributed by atoms with Crippen molar-refractivity contribution in [3.05, 3.63) is 0 Å². The molecule has 0 amide bonds. The van der Waals surface area contributed by atoms with Crippen LogP contribution >= 0.6 is 11.6 Å². The Morgan fingerprint density at radius 2 is 2.27 bits per heavy atom. The highest BCUT2D eigenvalue weighted by atomic mass is 35.5. The summed E-state index contributed by atoms with van der Waals surface area (Å²) >= 11 is 5.73. The van der Waals surface area contributed by atoms with Gasteiger partial charge in [0, 0.05) is 6.04 Å². The molecule has 11 heavy (non-hydrogen) atoms. The zero-order chi connectivity index (χ0) is 8.27. The van der Waals surface area contributed by atoms with Gasteiger partial charge in [-0.25, -0.2) is 8.78 Å². The second kappa shape index (κ2) is 4.18. The van der Waals surface area contributed by atoms with Gasteiger partial charge in [0.05, 0.1) is 25.1 Å². The molecule has 2 nitrogen and oxygen atoms in total. The highest BCUT2D eigenvalue weighted by molar-refractivity contribution is 6.21. The van der Waals surface area contributed by atoms with Gasteiger partial charge in [0.15, 0.2) is 0 Å². The van der Waals surface area contributed by atoms with Gasteiger partial charge in [-0.3, -0.25) is 0 Å². The van der Waals surface area contributed by atoms with E-state index in [4.69, 9.17) is 16.3 Å². The fraction of sp³-hybridized carbons (Fsp3) is 1.00. The predicted molar refractivity (Wildman–Crippen MR) is 38.3 cm³/mol. The molecule has 1 aliphatic rings. The number of halogens is 3. The lowest BCUT2D eigenvalue weighted by molar-refractivity contribution is 0.137. The fourth-order valence-corrected chi connectivity index (χ4v) is 1.21. The van der Waals surface area contributed by atoms with E-state index in [-0.39, 0.29) is 18.0 Å². The monoisotopic (exact) mass is 185 g/mol. The van der Waals surface area contributed by atoms with Gasteiger partial charge in [0.1, 0.15) is 0 Å². The first-order valence-electron chi connectivity index (χ1n) is 3.43. The molecule has 0 aromatic rings. The normalized spacial score (nSPS) is 31.6. The molecular formula is C6H10ClF2NO. The SMILES string of the molecule is FC(F)CNC1COCC1Cl. The van der Waals surface area contributed by atoms with Crippen LogP contribution in [0.15, 0.2) is 0 Å². The molecule has 1 rings (SSSR count). The van der Waals surface area contributed by atoms with E-state index in [0.717, 1.165) is 0 Å². The molecule has 1 fully saturated rings. The van der Waals surface area contributed by atoms with Crippen LogP contribution in [0.3, 0.4) is 0 Å². The largest absolute Gasteiger partial charge is 0.378 e. The maximum atomic E-state index is 11.7. The van der Waals surface area contributed by atoms with Crippen molar-refractivity contribution in [1.29, 1.82) is 0 Å². The Labute approximate surface area is 68.9 Å². The molecule has 0 saturated carbocycles. The first-order valence-corrected chi connectivity index (χ1v) is 3.87. The summed E-state index contributed by atoms with van der Waals surface area (Å²) in [6.45, 7) is 0.570. The molecule has 0 aliphatic carbocycles. The van der Waals surface area contributed by atoms with Crippen LogP contribution in [0.1, 0.15) is 0 Å². The van der Waals surface area contributed by atoms with Gasteiger partial charge >= 0.3 is 0 Å². The Kier molecular flexibility index (Phi) is 3.48. The van der Waals surface area contributed by atoms with Crippen molar-refractivity contribution in [2.75, 3.05) is 19.8 Å². The lowest BCUT2D eigenvalue weighted by Gasteiger charge is -2.12. The quantitative estimate of drug-likeness (QED) is 0.659. The average Bonchev–Trinajstić information content (AvgIpc) is 2.31. The van der Waals surface area contributed by atoms with Crippen LogP contribution in [0, 0.1) is 0 Å². The summed E-state index contributed by atoms with van der Waals surface area (Å²) in [6, 6.07) is -0.120. The van der Waals surface area contributed by atoms with Crippen molar-refractivity contribution in [1.82, 2.24) is 5.32 Å². The van der Waals surface area contributed by atoms with Crippen molar-refractivity contribution < 1.29 is 13.5 Å². The van der Waals surface area contributed by atoms with Crippen LogP contribution in [0.5, 0.6) is 0 Å². The third kappa shape index (κ3) is 2.89. The molecule has 2 atom stereocenters. The third-order valence-corrected chi connectivity index (χ3v) is 1.98. The highest BCUT2D eigenvalue weighted by Gasteiger charge is 2.26. The number of nitrogens with one attached hydrogen (secondary N) is 1. The number of ether oxygens (including phenoxy) is 1. The first kappa shape index (κ1) is 9.16. The van der Waals surface area contributed by atoms with Crippen LogP contribution in [0.4, 0.5) is 8.78 Å². The van der Waals surface area contributed by atoms with E-state index in [1.54, 1.807) is 0 Å². The Morgan fingerprint density at radius 3 is 2.73 bits per heavy atom. The molecule has 0 radical (unpaired) electrons. The molecule has 66 valence electrons. The van der Waals surface area contributed by atoms with Gasteiger partial charge in [0.2, 0.25) is 0 Å². The Hall–Kier alpha value is 0.0700. The summed E-state index contributed by atoms with van der Waals surface area (Å²) in [7, 11) is 0. The summed E-state index contributed by atoms with van der Waals surface area (Å²) < 4.78 is 28.3. The van der Waals surface area contributed by atoms with Crippen LogP contribution in [0.25, 0.3) is 0 Å².